The smallest absolute Gasteiger partial charge is 0.129 e. The average molecular weight is 275 g/mol. The number of alkyl halides is 1. The summed E-state index contributed by atoms with van der Waals surface area (Å²) in [6, 6.07) is 4.02. The molecule has 0 nitrogen and oxygen atoms in total. The molecule has 0 spiro atoms. The van der Waals surface area contributed by atoms with E-state index in [0.717, 1.165) is 25.7 Å². The maximum atomic E-state index is 13.7. The molecule has 0 aromatic heterocycles. The molecule has 0 aliphatic carbocycles. The first-order chi connectivity index (χ1) is 8.58. The third-order valence-corrected chi connectivity index (χ3v) is 4.27. The van der Waals surface area contributed by atoms with Crippen LogP contribution in [-0.2, 0) is 6.42 Å². The lowest BCUT2D eigenvalue weighted by molar-refractivity contribution is 0.272. The van der Waals surface area contributed by atoms with E-state index in [1.807, 2.05) is 6.92 Å². The van der Waals surface area contributed by atoms with Crippen molar-refractivity contribution in [1.82, 2.24) is 0 Å². The summed E-state index contributed by atoms with van der Waals surface area (Å²) in [7, 11) is 0. The van der Waals surface area contributed by atoms with Crippen molar-refractivity contribution in [2.45, 2.75) is 46.0 Å². The molecule has 102 valence electrons. The first kappa shape index (κ1) is 15.4. The first-order valence-electron chi connectivity index (χ1n) is 6.57. The van der Waals surface area contributed by atoms with Gasteiger partial charge < -0.3 is 0 Å². The van der Waals surface area contributed by atoms with Gasteiger partial charge in [-0.3, -0.25) is 0 Å². The van der Waals surface area contributed by atoms with Gasteiger partial charge in [-0.2, -0.15) is 0 Å². The molecule has 0 fully saturated rings. The van der Waals surface area contributed by atoms with E-state index in [2.05, 4.69) is 6.92 Å². The summed E-state index contributed by atoms with van der Waals surface area (Å²) in [4.78, 5) is 0. The van der Waals surface area contributed by atoms with Gasteiger partial charge >= 0.3 is 0 Å². The number of benzene rings is 1. The lowest BCUT2D eigenvalue weighted by Gasteiger charge is -2.31. The van der Waals surface area contributed by atoms with Crippen LogP contribution in [0.25, 0.3) is 0 Å². The lowest BCUT2D eigenvalue weighted by Crippen LogP contribution is -2.26. The van der Waals surface area contributed by atoms with E-state index in [1.54, 1.807) is 0 Å². The highest BCUT2D eigenvalue weighted by molar-refractivity contribution is 6.18. The van der Waals surface area contributed by atoms with Crippen molar-refractivity contribution in [2.75, 3.05) is 5.88 Å². The Hall–Kier alpha value is -0.630. The van der Waals surface area contributed by atoms with Crippen LogP contribution in [0.2, 0.25) is 0 Å². The van der Waals surface area contributed by atoms with Crippen molar-refractivity contribution in [1.29, 1.82) is 0 Å². The highest BCUT2D eigenvalue weighted by Crippen LogP contribution is 2.35. The van der Waals surface area contributed by atoms with Gasteiger partial charge in [-0.05, 0) is 36.8 Å². The number of unbranched alkanes of at least 4 members (excludes halogenated alkanes) is 1. The Morgan fingerprint density at radius 3 is 2.22 bits per heavy atom. The van der Waals surface area contributed by atoms with Crippen LogP contribution in [0, 0.1) is 17.0 Å². The van der Waals surface area contributed by atoms with E-state index in [-0.39, 0.29) is 11.0 Å². The van der Waals surface area contributed by atoms with Gasteiger partial charge in [0.1, 0.15) is 11.6 Å². The summed E-state index contributed by atoms with van der Waals surface area (Å²) < 4.78 is 27.4. The Labute approximate surface area is 113 Å². The molecule has 3 heteroatoms. The number of hydrogen-bond donors (Lipinski definition) is 0. The molecule has 18 heavy (non-hydrogen) atoms. The maximum absolute atomic E-state index is 13.7. The lowest BCUT2D eigenvalue weighted by atomic mass is 9.76. The highest BCUT2D eigenvalue weighted by atomic mass is 35.5. The van der Waals surface area contributed by atoms with Crippen LogP contribution in [0.1, 0.15) is 45.1 Å². The summed E-state index contributed by atoms with van der Waals surface area (Å²) in [5.74, 6) is -0.485. The first-order valence-corrected chi connectivity index (χ1v) is 7.11. The fraction of sp³-hybridized carbons (Fsp3) is 0.600. The standard InChI is InChI=1S/C15H21ClF2/c1-3-5-9-15(4-2,11-16)10-12-13(17)7-6-8-14(12)18/h6-8H,3-5,9-11H2,1-2H3. The van der Waals surface area contributed by atoms with Crippen LogP contribution in [-0.4, -0.2) is 5.88 Å². The SMILES string of the molecule is CCCCC(CC)(CCl)Cc1c(F)cccc1F. The van der Waals surface area contributed by atoms with E-state index >= 15 is 0 Å². The van der Waals surface area contributed by atoms with E-state index in [1.165, 1.54) is 18.2 Å². The van der Waals surface area contributed by atoms with Crippen molar-refractivity contribution in [3.05, 3.63) is 35.4 Å². The third kappa shape index (κ3) is 3.68. The molecule has 0 saturated heterocycles. The highest BCUT2D eigenvalue weighted by Gasteiger charge is 2.29. The summed E-state index contributed by atoms with van der Waals surface area (Å²) in [6.45, 7) is 4.15. The van der Waals surface area contributed by atoms with Gasteiger partial charge in [-0.25, -0.2) is 8.78 Å². The number of rotatable bonds is 7. The fourth-order valence-electron chi connectivity index (χ4n) is 2.23. The molecule has 1 atom stereocenters. The van der Waals surface area contributed by atoms with Crippen molar-refractivity contribution in [3.8, 4) is 0 Å². The van der Waals surface area contributed by atoms with Gasteiger partial charge in [-0.15, -0.1) is 11.6 Å². The zero-order valence-electron chi connectivity index (χ0n) is 11.1. The second-order valence-electron chi connectivity index (χ2n) is 4.97. The average Bonchev–Trinajstić information content (AvgIpc) is 2.38. The minimum atomic E-state index is -0.463. The molecule has 0 radical (unpaired) electrons. The molecule has 0 saturated carbocycles. The summed E-state index contributed by atoms with van der Waals surface area (Å²) in [5, 5.41) is 0. The molecular formula is C15H21ClF2. The van der Waals surface area contributed by atoms with Crippen LogP contribution >= 0.6 is 11.6 Å². The Bertz CT molecular complexity index is 353. The molecular weight excluding hydrogens is 254 g/mol. The van der Waals surface area contributed by atoms with Gasteiger partial charge in [0.25, 0.3) is 0 Å². The number of halogens is 3. The van der Waals surface area contributed by atoms with Crippen molar-refractivity contribution < 1.29 is 8.78 Å². The topological polar surface area (TPSA) is 0 Å². The maximum Gasteiger partial charge on any atom is 0.129 e. The number of hydrogen-bond acceptors (Lipinski definition) is 0. The largest absolute Gasteiger partial charge is 0.207 e. The van der Waals surface area contributed by atoms with Gasteiger partial charge in [-0.1, -0.05) is 32.8 Å². The van der Waals surface area contributed by atoms with Crippen LogP contribution in [0.15, 0.2) is 18.2 Å². The predicted octanol–water partition coefficient (Wildman–Crippen LogP) is 5.33. The Morgan fingerprint density at radius 2 is 1.78 bits per heavy atom. The molecule has 1 aromatic rings. The van der Waals surface area contributed by atoms with Crippen molar-refractivity contribution in [2.24, 2.45) is 5.41 Å². The Balaban J connectivity index is 2.95. The predicted molar refractivity (Wildman–Crippen MR) is 73.0 cm³/mol. The summed E-state index contributed by atoms with van der Waals surface area (Å²) in [6.07, 6.45) is 4.24. The molecule has 0 aliphatic heterocycles. The molecule has 1 aromatic carbocycles. The van der Waals surface area contributed by atoms with Crippen LogP contribution in [0.5, 0.6) is 0 Å². The zero-order valence-corrected chi connectivity index (χ0v) is 11.9. The zero-order chi connectivity index (χ0) is 13.6. The van der Waals surface area contributed by atoms with Crippen LogP contribution < -0.4 is 0 Å². The molecule has 0 aliphatic rings. The second kappa shape index (κ2) is 7.08. The Morgan fingerprint density at radius 1 is 1.17 bits per heavy atom. The monoisotopic (exact) mass is 274 g/mol. The molecule has 0 amide bonds. The Kier molecular flexibility index (Phi) is 6.07. The molecule has 1 rings (SSSR count). The molecule has 0 N–H and O–H groups in total. The van der Waals surface area contributed by atoms with Gasteiger partial charge in [0.2, 0.25) is 0 Å². The van der Waals surface area contributed by atoms with E-state index in [9.17, 15) is 8.78 Å². The van der Waals surface area contributed by atoms with Crippen LogP contribution in [0.4, 0.5) is 8.78 Å². The van der Waals surface area contributed by atoms with Crippen molar-refractivity contribution in [3.63, 3.8) is 0 Å². The molecule has 1 unspecified atom stereocenters. The normalized spacial score (nSPS) is 14.5. The van der Waals surface area contributed by atoms with Gasteiger partial charge in [0.15, 0.2) is 0 Å². The van der Waals surface area contributed by atoms with E-state index in [0.29, 0.717) is 12.3 Å². The minimum absolute atomic E-state index is 0.177. The van der Waals surface area contributed by atoms with Crippen LogP contribution in [0.3, 0.4) is 0 Å². The fourth-order valence-corrected chi connectivity index (χ4v) is 2.64. The van der Waals surface area contributed by atoms with Gasteiger partial charge in [0.05, 0.1) is 0 Å². The van der Waals surface area contributed by atoms with Gasteiger partial charge in [0, 0.05) is 11.4 Å². The minimum Gasteiger partial charge on any atom is -0.207 e. The van der Waals surface area contributed by atoms with Crippen molar-refractivity contribution >= 4 is 11.6 Å². The summed E-state index contributed by atoms with van der Waals surface area (Å²) in [5.41, 5.74) is -0.0169. The quantitative estimate of drug-likeness (QED) is 0.589. The third-order valence-electron chi connectivity index (χ3n) is 3.71. The summed E-state index contributed by atoms with van der Waals surface area (Å²) >= 11 is 6.07. The molecule has 0 heterocycles. The van der Waals surface area contributed by atoms with E-state index in [4.69, 9.17) is 11.6 Å². The second-order valence-corrected chi connectivity index (χ2v) is 5.23. The molecule has 0 bridgehead atoms. The van der Waals surface area contributed by atoms with E-state index < -0.39 is 11.6 Å².